The van der Waals surface area contributed by atoms with Crippen molar-refractivity contribution >= 4 is 17.7 Å². The van der Waals surface area contributed by atoms with Crippen LogP contribution in [-0.4, -0.2) is 47.0 Å². The fourth-order valence-corrected chi connectivity index (χ4v) is 2.40. The summed E-state index contributed by atoms with van der Waals surface area (Å²) in [6, 6.07) is 7.81. The first kappa shape index (κ1) is 18.5. The van der Waals surface area contributed by atoms with Crippen LogP contribution in [0.5, 0.6) is 0 Å². The summed E-state index contributed by atoms with van der Waals surface area (Å²) in [5.74, 6) is 1.24. The highest BCUT2D eigenvalue weighted by atomic mass is 16.1. The predicted octanol–water partition coefficient (Wildman–Crippen LogP) is 1.76. The van der Waals surface area contributed by atoms with E-state index in [1.54, 1.807) is 19.3 Å². The molecule has 25 heavy (non-hydrogen) atoms. The number of carbonyl (C=O) groups is 1. The fraction of sp³-hybridized carbons (Fsp3) is 0.389. The monoisotopic (exact) mass is 342 g/mol. The van der Waals surface area contributed by atoms with Crippen LogP contribution >= 0.6 is 0 Å². The Hall–Kier alpha value is -2.83. The summed E-state index contributed by atoms with van der Waals surface area (Å²) in [5.41, 5.74) is 2.25. The van der Waals surface area contributed by atoms with Crippen LogP contribution in [-0.2, 0) is 18.4 Å². The Balaban J connectivity index is 1.77. The van der Waals surface area contributed by atoms with Crippen molar-refractivity contribution in [1.82, 2.24) is 19.8 Å². The first-order valence-electron chi connectivity index (χ1n) is 8.24. The van der Waals surface area contributed by atoms with Gasteiger partial charge in [-0.1, -0.05) is 6.07 Å². The van der Waals surface area contributed by atoms with Crippen LogP contribution < -0.4 is 10.6 Å². The van der Waals surface area contributed by atoms with Gasteiger partial charge in [-0.15, -0.1) is 0 Å². The number of rotatable bonds is 6. The van der Waals surface area contributed by atoms with E-state index >= 15 is 0 Å². The number of carbonyl (C=O) groups excluding carboxylic acids is 1. The van der Waals surface area contributed by atoms with Crippen molar-refractivity contribution in [2.45, 2.75) is 19.9 Å². The highest BCUT2D eigenvalue weighted by Gasteiger charge is 2.09. The van der Waals surface area contributed by atoms with E-state index in [0.29, 0.717) is 18.8 Å². The molecule has 0 radical (unpaired) electrons. The maximum Gasteiger partial charge on any atom is 0.227 e. The number of guanidine groups is 1. The van der Waals surface area contributed by atoms with Crippen LogP contribution in [0.15, 0.2) is 41.7 Å². The van der Waals surface area contributed by atoms with Crippen LogP contribution in [0.25, 0.3) is 0 Å². The molecule has 0 spiro atoms. The topological polar surface area (TPSA) is 74.5 Å². The van der Waals surface area contributed by atoms with Crippen molar-refractivity contribution in [2.24, 2.45) is 12.0 Å². The molecule has 2 aromatic rings. The highest BCUT2D eigenvalue weighted by Crippen LogP contribution is 2.05. The van der Waals surface area contributed by atoms with Gasteiger partial charge in [0.15, 0.2) is 5.96 Å². The molecule has 0 aromatic carbocycles. The zero-order valence-corrected chi connectivity index (χ0v) is 15.3. The summed E-state index contributed by atoms with van der Waals surface area (Å²) in [5, 5.41) is 6.00. The third-order valence-corrected chi connectivity index (χ3v) is 3.84. The van der Waals surface area contributed by atoms with Crippen molar-refractivity contribution < 1.29 is 4.79 Å². The molecular formula is C18H26N6O. The molecule has 0 fully saturated rings. The van der Waals surface area contributed by atoms with Gasteiger partial charge in [-0.3, -0.25) is 9.79 Å². The van der Waals surface area contributed by atoms with Gasteiger partial charge < -0.3 is 20.1 Å². The molecule has 0 aliphatic heterocycles. The first-order chi connectivity index (χ1) is 12.0. The minimum atomic E-state index is -0.0793. The number of pyridine rings is 1. The van der Waals surface area contributed by atoms with Crippen LogP contribution in [0.2, 0.25) is 0 Å². The molecular weight excluding hydrogens is 316 g/mol. The number of nitrogens with one attached hydrogen (secondary N) is 2. The number of aromatic nitrogens is 2. The zero-order valence-electron chi connectivity index (χ0n) is 15.3. The van der Waals surface area contributed by atoms with E-state index in [4.69, 9.17) is 0 Å². The van der Waals surface area contributed by atoms with Crippen LogP contribution in [0.3, 0.4) is 0 Å². The van der Waals surface area contributed by atoms with Gasteiger partial charge in [-0.05, 0) is 30.7 Å². The Morgan fingerprint density at radius 3 is 2.76 bits per heavy atom. The lowest BCUT2D eigenvalue weighted by atomic mass is 10.3. The average Bonchev–Trinajstić information content (AvgIpc) is 2.98. The van der Waals surface area contributed by atoms with Crippen molar-refractivity contribution in [3.8, 4) is 0 Å². The summed E-state index contributed by atoms with van der Waals surface area (Å²) in [4.78, 5) is 22.4. The summed E-state index contributed by atoms with van der Waals surface area (Å²) in [7, 11) is 5.72. The molecule has 2 N–H and O–H groups in total. The van der Waals surface area contributed by atoms with E-state index in [0.717, 1.165) is 18.1 Å². The standard InChI is InChI=1S/C18H26N6O/c1-14-7-8-16(21-12-14)22-17(25)9-10-20-18(19-2)24(4)13-15-6-5-11-23(15)3/h5-8,11-12H,9-10,13H2,1-4H3,(H,19,20)(H,21,22,25). The quantitative estimate of drug-likeness (QED) is 0.620. The Bertz CT molecular complexity index is 719. The number of aryl methyl sites for hydroxylation is 2. The van der Waals surface area contributed by atoms with Gasteiger partial charge in [0.1, 0.15) is 5.82 Å². The molecule has 2 heterocycles. The molecule has 2 aromatic heterocycles. The summed E-state index contributed by atoms with van der Waals surface area (Å²) in [6.07, 6.45) is 4.09. The minimum absolute atomic E-state index is 0.0793. The number of hydrogen-bond donors (Lipinski definition) is 2. The Morgan fingerprint density at radius 1 is 1.36 bits per heavy atom. The lowest BCUT2D eigenvalue weighted by Gasteiger charge is -2.22. The molecule has 1 amide bonds. The Labute approximate surface area is 148 Å². The van der Waals surface area contributed by atoms with E-state index in [1.165, 1.54) is 5.69 Å². The molecule has 2 rings (SSSR count). The van der Waals surface area contributed by atoms with E-state index in [1.807, 2.05) is 44.2 Å². The molecule has 0 saturated carbocycles. The third-order valence-electron chi connectivity index (χ3n) is 3.84. The van der Waals surface area contributed by atoms with Gasteiger partial charge in [-0.2, -0.15) is 0 Å². The average molecular weight is 342 g/mol. The Kier molecular flexibility index (Phi) is 6.56. The second kappa shape index (κ2) is 8.86. The second-order valence-corrected chi connectivity index (χ2v) is 5.96. The number of hydrogen-bond acceptors (Lipinski definition) is 3. The number of nitrogens with zero attached hydrogens (tertiary/aromatic N) is 4. The second-order valence-electron chi connectivity index (χ2n) is 5.96. The molecule has 0 aliphatic carbocycles. The summed E-state index contributed by atoms with van der Waals surface area (Å²) >= 11 is 0. The molecule has 0 bridgehead atoms. The van der Waals surface area contributed by atoms with E-state index < -0.39 is 0 Å². The lowest BCUT2D eigenvalue weighted by Crippen LogP contribution is -2.40. The molecule has 7 heteroatoms. The van der Waals surface area contributed by atoms with Gasteiger partial charge >= 0.3 is 0 Å². The highest BCUT2D eigenvalue weighted by molar-refractivity contribution is 5.90. The molecule has 0 atom stereocenters. The van der Waals surface area contributed by atoms with Crippen molar-refractivity contribution in [3.63, 3.8) is 0 Å². The van der Waals surface area contributed by atoms with Crippen LogP contribution in [0, 0.1) is 6.92 Å². The van der Waals surface area contributed by atoms with Gasteiger partial charge in [0.2, 0.25) is 5.91 Å². The van der Waals surface area contributed by atoms with Gasteiger partial charge in [0, 0.05) is 52.2 Å². The van der Waals surface area contributed by atoms with Crippen molar-refractivity contribution in [1.29, 1.82) is 0 Å². The normalized spacial score (nSPS) is 11.3. The van der Waals surface area contributed by atoms with E-state index in [9.17, 15) is 4.79 Å². The Morgan fingerprint density at radius 2 is 2.16 bits per heavy atom. The van der Waals surface area contributed by atoms with Crippen LogP contribution in [0.1, 0.15) is 17.7 Å². The van der Waals surface area contributed by atoms with Crippen LogP contribution in [0.4, 0.5) is 5.82 Å². The molecule has 7 nitrogen and oxygen atoms in total. The number of anilines is 1. The van der Waals surface area contributed by atoms with Gasteiger partial charge in [0.05, 0.1) is 6.54 Å². The van der Waals surface area contributed by atoms with E-state index in [-0.39, 0.29) is 5.91 Å². The summed E-state index contributed by atoms with van der Waals surface area (Å²) in [6.45, 7) is 3.20. The minimum Gasteiger partial charge on any atom is -0.356 e. The number of amides is 1. The first-order valence-corrected chi connectivity index (χ1v) is 8.24. The molecule has 0 unspecified atom stereocenters. The molecule has 134 valence electrons. The zero-order chi connectivity index (χ0) is 18.2. The lowest BCUT2D eigenvalue weighted by molar-refractivity contribution is -0.116. The maximum absolute atomic E-state index is 12.0. The molecule has 0 saturated heterocycles. The smallest absolute Gasteiger partial charge is 0.227 e. The van der Waals surface area contributed by atoms with E-state index in [2.05, 4.69) is 31.2 Å². The summed E-state index contributed by atoms with van der Waals surface area (Å²) < 4.78 is 2.08. The third kappa shape index (κ3) is 5.63. The van der Waals surface area contributed by atoms with Gasteiger partial charge in [-0.25, -0.2) is 4.98 Å². The molecule has 0 aliphatic rings. The largest absolute Gasteiger partial charge is 0.356 e. The fourth-order valence-electron chi connectivity index (χ4n) is 2.40. The predicted molar refractivity (Wildman–Crippen MR) is 100 cm³/mol. The van der Waals surface area contributed by atoms with Gasteiger partial charge in [0.25, 0.3) is 0 Å². The maximum atomic E-state index is 12.0. The van der Waals surface area contributed by atoms with Crippen molar-refractivity contribution in [2.75, 3.05) is 26.0 Å². The van der Waals surface area contributed by atoms with Crippen molar-refractivity contribution in [3.05, 3.63) is 47.9 Å². The number of aliphatic imine (C=N–C) groups is 1. The SMILES string of the molecule is CN=C(NCCC(=O)Nc1ccc(C)cn1)N(C)Cc1cccn1C.